The normalized spacial score (nSPS) is 19.4. The number of hydrogen-bond acceptors (Lipinski definition) is 10. The molecule has 0 aliphatic carbocycles. The molecule has 16 heteroatoms. The summed E-state index contributed by atoms with van der Waals surface area (Å²) < 4.78 is 11.3. The van der Waals surface area contributed by atoms with Crippen LogP contribution in [-0.2, 0) is 9.47 Å². The van der Waals surface area contributed by atoms with Gasteiger partial charge in [0, 0.05) is 24.2 Å². The Morgan fingerprint density at radius 2 is 0.854 bits per heavy atom. The van der Waals surface area contributed by atoms with Gasteiger partial charge in [-0.1, -0.05) is 60.7 Å². The number of ether oxygens (including phenoxy) is 2. The van der Waals surface area contributed by atoms with Crippen LogP contribution in [0.5, 0.6) is 0 Å². The molecule has 2 amide bonds. The van der Waals surface area contributed by atoms with Crippen molar-refractivity contribution in [2.24, 2.45) is 0 Å². The lowest BCUT2D eigenvalue weighted by atomic mass is 9.99. The van der Waals surface area contributed by atoms with Crippen molar-refractivity contribution < 1.29 is 19.1 Å². The van der Waals surface area contributed by atoms with Crippen molar-refractivity contribution in [3.05, 3.63) is 145 Å². The van der Waals surface area contributed by atoms with Crippen LogP contribution in [0.15, 0.2) is 122 Å². The largest absolute Gasteiger partial charge is 0.444 e. The molecule has 420 valence electrons. The molecule has 4 atom stereocenters. The summed E-state index contributed by atoms with van der Waals surface area (Å²) in [6.45, 7) is 14.8. The van der Waals surface area contributed by atoms with Gasteiger partial charge in [-0.2, -0.15) is 0 Å². The molecule has 4 aliphatic heterocycles. The number of carbonyl (C=O) groups is 2. The van der Waals surface area contributed by atoms with E-state index < -0.39 is 11.2 Å². The molecule has 0 bridgehead atoms. The molecule has 4 fully saturated rings. The standard InChI is InChI=1S/C38H44N6O4.C28H28N6/c1-37(2,3)47-35(45)43-17-7-9-31(43)33-39-22-30(42-33)27-14-13-23-19-24(11-12-25(23)20-27)26-15-16-28-29(21-26)41-34(40-28)32-10-8-18-44(32)36(46)48-38(4,5)6;1-3-23(29-11-1)27-31-16-26(34-27)21-8-7-17-13-18(5-6-19(17)14-21)20-9-10-22-25(15-20)33-28(32-22)24-4-2-12-30-24/h11-16,19-22,31-32H,7-10,17-18H2,1-6H3,(H,39,42)(H,40,41);5-10,13-16,23-24,29-30H,1-4,11-12H2,(H,31,34)(H,32,33)/t31-,32-;23-,24-/m00/s1. The predicted octanol–water partition coefficient (Wildman–Crippen LogP) is 14.5. The topological polar surface area (TPSA) is 198 Å². The van der Waals surface area contributed by atoms with Crippen LogP contribution in [0, 0.1) is 0 Å². The van der Waals surface area contributed by atoms with E-state index in [0.717, 1.165) is 136 Å². The van der Waals surface area contributed by atoms with Gasteiger partial charge in [0.2, 0.25) is 0 Å². The number of rotatable bonds is 8. The molecule has 14 rings (SSSR count). The van der Waals surface area contributed by atoms with Gasteiger partial charge in [-0.3, -0.25) is 9.80 Å². The summed E-state index contributed by atoms with van der Waals surface area (Å²) in [7, 11) is 0. The average molecular weight is 1100 g/mol. The third-order valence-electron chi connectivity index (χ3n) is 16.3. The van der Waals surface area contributed by atoms with Gasteiger partial charge in [-0.15, -0.1) is 0 Å². The van der Waals surface area contributed by atoms with Gasteiger partial charge in [0.15, 0.2) is 0 Å². The van der Waals surface area contributed by atoms with Crippen LogP contribution >= 0.6 is 0 Å². The second-order valence-corrected chi connectivity index (χ2v) is 24.6. The van der Waals surface area contributed by atoms with Crippen molar-refractivity contribution in [2.45, 2.75) is 128 Å². The number of benzene rings is 6. The number of hydrogen-bond donors (Lipinski definition) is 6. The van der Waals surface area contributed by atoms with E-state index in [4.69, 9.17) is 19.4 Å². The predicted molar refractivity (Wildman–Crippen MR) is 323 cm³/mol. The fraction of sp³-hybridized carbons (Fsp3) is 0.364. The summed E-state index contributed by atoms with van der Waals surface area (Å²) in [5.74, 6) is 3.68. The molecular formula is C66H72N12O4. The molecule has 10 aromatic rings. The molecule has 4 aromatic heterocycles. The highest BCUT2D eigenvalue weighted by Crippen LogP contribution is 2.38. The lowest BCUT2D eigenvalue weighted by Crippen LogP contribution is -2.36. The number of fused-ring (bicyclic) bond motifs is 4. The summed E-state index contributed by atoms with van der Waals surface area (Å²) in [6.07, 6.45) is 11.5. The summed E-state index contributed by atoms with van der Waals surface area (Å²) in [6, 6.07) is 39.5. The van der Waals surface area contributed by atoms with E-state index in [2.05, 4.69) is 144 Å². The van der Waals surface area contributed by atoms with Crippen LogP contribution < -0.4 is 10.6 Å². The molecule has 0 spiro atoms. The number of nitrogens with zero attached hydrogens (tertiary/aromatic N) is 6. The number of aromatic nitrogens is 8. The first-order chi connectivity index (χ1) is 39.6. The van der Waals surface area contributed by atoms with Gasteiger partial charge in [-0.05, 0) is 198 Å². The van der Waals surface area contributed by atoms with Gasteiger partial charge < -0.3 is 40.0 Å². The quantitative estimate of drug-likeness (QED) is 0.0851. The van der Waals surface area contributed by atoms with E-state index >= 15 is 0 Å². The van der Waals surface area contributed by atoms with Crippen molar-refractivity contribution in [1.82, 2.24) is 60.3 Å². The first kappa shape index (κ1) is 53.0. The summed E-state index contributed by atoms with van der Waals surface area (Å²) in [5, 5.41) is 11.8. The van der Waals surface area contributed by atoms with Crippen LogP contribution in [0.25, 0.3) is 88.4 Å². The molecule has 8 heterocycles. The Labute approximate surface area is 477 Å². The van der Waals surface area contributed by atoms with Crippen molar-refractivity contribution in [2.75, 3.05) is 26.2 Å². The maximum Gasteiger partial charge on any atom is 0.410 e. The second kappa shape index (κ2) is 21.5. The Bertz CT molecular complexity index is 3990. The highest BCUT2D eigenvalue weighted by atomic mass is 16.6. The smallest absolute Gasteiger partial charge is 0.410 e. The van der Waals surface area contributed by atoms with Gasteiger partial charge in [0.25, 0.3) is 0 Å². The van der Waals surface area contributed by atoms with Crippen molar-refractivity contribution in [1.29, 1.82) is 0 Å². The number of nitrogens with one attached hydrogen (secondary N) is 6. The maximum atomic E-state index is 12.9. The van der Waals surface area contributed by atoms with Crippen molar-refractivity contribution in [3.63, 3.8) is 0 Å². The fourth-order valence-corrected chi connectivity index (χ4v) is 12.3. The van der Waals surface area contributed by atoms with E-state index in [0.29, 0.717) is 25.2 Å². The lowest BCUT2D eigenvalue weighted by molar-refractivity contribution is 0.0208. The highest BCUT2D eigenvalue weighted by Gasteiger charge is 2.36. The Morgan fingerprint density at radius 1 is 0.451 bits per heavy atom. The number of imidazole rings is 4. The molecule has 16 nitrogen and oxygen atoms in total. The summed E-state index contributed by atoms with van der Waals surface area (Å²) in [4.78, 5) is 62.3. The number of carbonyl (C=O) groups excluding carboxylic acids is 2. The van der Waals surface area contributed by atoms with Gasteiger partial charge in [0.05, 0.1) is 70.0 Å². The van der Waals surface area contributed by atoms with Gasteiger partial charge in [-0.25, -0.2) is 29.5 Å². The van der Waals surface area contributed by atoms with Crippen molar-refractivity contribution in [3.8, 4) is 44.8 Å². The molecule has 4 aliphatic rings. The SMILES string of the molecule is CC(C)(C)OC(=O)N1CCC[C@H]1c1ncc(-c2ccc3cc(-c4ccc5nc([C@@H]6CCCN6C(=O)OC(C)(C)C)[nH]c5c4)ccc3c2)[nH]1.c1cc2cc(-c3cnc([C@@H]4CCCN4)[nH]3)ccc2cc1-c1ccc2nc([C@@H]3CCCN3)[nH]c2c1. The Kier molecular flexibility index (Phi) is 13.9. The molecule has 6 aromatic carbocycles. The van der Waals surface area contributed by atoms with Crippen LogP contribution in [0.4, 0.5) is 9.59 Å². The molecule has 6 N–H and O–H groups in total. The van der Waals surface area contributed by atoms with Crippen LogP contribution in [0.2, 0.25) is 0 Å². The van der Waals surface area contributed by atoms with E-state index in [1.807, 2.05) is 60.0 Å². The average Bonchev–Trinajstić information content (AvgIpc) is 4.38. The number of amides is 2. The Morgan fingerprint density at radius 3 is 1.34 bits per heavy atom. The molecule has 0 radical (unpaired) electrons. The van der Waals surface area contributed by atoms with E-state index in [1.165, 1.54) is 40.3 Å². The maximum absolute atomic E-state index is 12.9. The van der Waals surface area contributed by atoms with Crippen LogP contribution in [-0.4, -0.2) is 99.2 Å². The molecule has 0 saturated carbocycles. The molecule has 4 saturated heterocycles. The summed E-state index contributed by atoms with van der Waals surface area (Å²) in [5.41, 5.74) is 11.7. The number of aromatic amines is 4. The van der Waals surface area contributed by atoms with Gasteiger partial charge in [0.1, 0.15) is 34.5 Å². The minimum Gasteiger partial charge on any atom is -0.444 e. The molecule has 0 unspecified atom stereocenters. The first-order valence-electron chi connectivity index (χ1n) is 29.3. The fourth-order valence-electron chi connectivity index (χ4n) is 12.3. The second-order valence-electron chi connectivity index (χ2n) is 24.6. The van der Waals surface area contributed by atoms with Crippen LogP contribution in [0.1, 0.15) is 140 Å². The number of H-pyrrole nitrogens is 4. The monoisotopic (exact) mass is 1100 g/mol. The zero-order valence-electron chi connectivity index (χ0n) is 47.7. The Hall–Kier alpha value is -8.34. The van der Waals surface area contributed by atoms with Crippen LogP contribution in [0.3, 0.4) is 0 Å². The van der Waals surface area contributed by atoms with E-state index in [-0.39, 0.29) is 24.3 Å². The zero-order valence-corrected chi connectivity index (χ0v) is 47.7. The van der Waals surface area contributed by atoms with Gasteiger partial charge >= 0.3 is 12.2 Å². The lowest BCUT2D eigenvalue weighted by Gasteiger charge is -2.27. The first-order valence-corrected chi connectivity index (χ1v) is 29.3. The third-order valence-corrected chi connectivity index (χ3v) is 16.3. The zero-order chi connectivity index (χ0) is 56.3. The Balaban J connectivity index is 0.000000163. The van der Waals surface area contributed by atoms with E-state index in [9.17, 15) is 9.59 Å². The van der Waals surface area contributed by atoms with E-state index in [1.54, 1.807) is 9.80 Å². The molecule has 82 heavy (non-hydrogen) atoms. The minimum atomic E-state index is -0.542. The minimum absolute atomic E-state index is 0.123. The van der Waals surface area contributed by atoms with Crippen molar-refractivity contribution >= 4 is 55.8 Å². The highest BCUT2D eigenvalue weighted by molar-refractivity contribution is 5.93. The number of likely N-dealkylation sites (tertiary alicyclic amines) is 2. The third kappa shape index (κ3) is 11.1. The molecular weight excluding hydrogens is 1020 g/mol. The summed E-state index contributed by atoms with van der Waals surface area (Å²) >= 11 is 0.